The van der Waals surface area contributed by atoms with Crippen molar-refractivity contribution in [2.45, 2.75) is 141 Å². The smallest absolute Gasteiger partial charge is 0.407 e. The van der Waals surface area contributed by atoms with E-state index in [1.54, 1.807) is 39.1 Å². The molecule has 21 heteroatoms. The molecule has 70 heavy (non-hydrogen) atoms. The van der Waals surface area contributed by atoms with E-state index in [9.17, 15) is 23.7 Å². The monoisotopic (exact) mass is 1020 g/mol. The summed E-state index contributed by atoms with van der Waals surface area (Å²) in [6.45, 7) is 21.0. The average molecular weight is 1020 g/mol. The first-order valence-electron chi connectivity index (χ1n) is 24.2. The van der Waals surface area contributed by atoms with Crippen molar-refractivity contribution < 1.29 is 55.8 Å². The van der Waals surface area contributed by atoms with E-state index in [0.717, 1.165) is 31.9 Å². The number of nitrogens with zero attached hydrogens (tertiary/aromatic N) is 5. The van der Waals surface area contributed by atoms with Gasteiger partial charge >= 0.3 is 24.2 Å². The second kappa shape index (κ2) is 22.2. The summed E-state index contributed by atoms with van der Waals surface area (Å²) in [5, 5.41) is 13.6. The molecule has 3 aliphatic rings. The van der Waals surface area contributed by atoms with E-state index < -0.39 is 84.3 Å². The largest absolute Gasteiger partial charge is 0.480 e. The van der Waals surface area contributed by atoms with Crippen LogP contribution in [0.25, 0.3) is 22.2 Å². The van der Waals surface area contributed by atoms with E-state index in [1.807, 2.05) is 37.8 Å². The maximum absolute atomic E-state index is 15.0. The van der Waals surface area contributed by atoms with Crippen molar-refractivity contribution in [3.8, 4) is 11.3 Å². The summed E-state index contributed by atoms with van der Waals surface area (Å²) in [4.78, 5) is 49.8. The van der Waals surface area contributed by atoms with Crippen molar-refractivity contribution in [3.05, 3.63) is 41.7 Å². The molecule has 0 radical (unpaired) electrons. The van der Waals surface area contributed by atoms with Crippen molar-refractivity contribution in [1.82, 2.24) is 24.5 Å². The maximum atomic E-state index is 15.0. The first-order chi connectivity index (χ1) is 32.6. The lowest BCUT2D eigenvalue weighted by Crippen LogP contribution is -2.64. The summed E-state index contributed by atoms with van der Waals surface area (Å²) in [7, 11) is -1.86. The number of esters is 1. The predicted molar refractivity (Wildman–Crippen MR) is 268 cm³/mol. The molecule has 390 valence electrons. The Balaban J connectivity index is 1.47. The van der Waals surface area contributed by atoms with Crippen molar-refractivity contribution in [1.29, 1.82) is 0 Å². The molecule has 1 saturated carbocycles. The number of aromatic nitrogens is 2. The lowest BCUT2D eigenvalue weighted by molar-refractivity contribution is -0.144. The van der Waals surface area contributed by atoms with E-state index in [4.69, 9.17) is 23.9 Å². The van der Waals surface area contributed by atoms with E-state index >= 15 is 13.2 Å². The molecule has 3 aromatic rings. The molecule has 6 rings (SSSR count). The van der Waals surface area contributed by atoms with E-state index in [0.29, 0.717) is 57.7 Å². The van der Waals surface area contributed by atoms with Gasteiger partial charge in [-0.15, -0.1) is 0 Å². The number of piperazine rings is 1. The van der Waals surface area contributed by atoms with Crippen LogP contribution in [0.2, 0.25) is 25.7 Å². The van der Waals surface area contributed by atoms with Gasteiger partial charge in [0.1, 0.15) is 12.6 Å². The Morgan fingerprint density at radius 1 is 0.986 bits per heavy atom. The number of methoxy groups -OCH3 is 1. The number of ether oxygens (including phenoxy) is 4. The molecular formula is C49H74F3N7O9SSi. The number of halogens is 3. The van der Waals surface area contributed by atoms with Gasteiger partial charge in [-0.2, -0.15) is 13.2 Å². The number of morpholine rings is 1. The number of carbonyl (C=O) groups is 3. The van der Waals surface area contributed by atoms with Gasteiger partial charge in [-0.25, -0.2) is 18.5 Å². The molecule has 2 aliphatic heterocycles. The number of hydrogen-bond acceptors (Lipinski definition) is 12. The Morgan fingerprint density at radius 3 is 2.26 bits per heavy atom. The van der Waals surface area contributed by atoms with Crippen LogP contribution in [0.1, 0.15) is 78.7 Å². The zero-order valence-electron chi connectivity index (χ0n) is 42.7. The number of rotatable bonds is 20. The normalized spacial score (nSPS) is 19.4. The number of benzene rings is 1. The third-order valence-electron chi connectivity index (χ3n) is 13.1. The minimum Gasteiger partial charge on any atom is -0.480 e. The standard InChI is InChI=1S/C49H74F3N7O9SSi/c1-31(65-8)41-37(25-35(27-53-41)57-18-16-56(17-19-57)33-12-13-33)44-38(26-48(6,7)30-68-32(2)60)36-24-34(14-15-39(36)59(44)29-49(50,51)52)58-20-21-66-40(28-58)42(55-69(64)47(3,4)5)43(45(61)62)54-46(63)67-22-23-70(9,10)11/h14-15,24-25,27,31,33,40,42-43,55H,12-13,16-23,26,28-30H2,1-11H3,(H,54,63)(H,61,62)/t31-,40+,42+,43-,69-/m0/s1. The fourth-order valence-electron chi connectivity index (χ4n) is 9.02. The highest BCUT2D eigenvalue weighted by atomic mass is 32.2. The van der Waals surface area contributed by atoms with Crippen LogP contribution in [0.15, 0.2) is 30.5 Å². The lowest BCUT2D eigenvalue weighted by Gasteiger charge is -2.40. The fourth-order valence-corrected chi connectivity index (χ4v) is 10.6. The second-order valence-electron chi connectivity index (χ2n) is 21.9. The average Bonchev–Trinajstić information content (AvgIpc) is 4.09. The summed E-state index contributed by atoms with van der Waals surface area (Å²) >= 11 is 0. The van der Waals surface area contributed by atoms with Gasteiger partial charge in [0.25, 0.3) is 0 Å². The van der Waals surface area contributed by atoms with Crippen LogP contribution in [0.4, 0.5) is 29.3 Å². The minimum absolute atomic E-state index is 0.00158. The Hall–Kier alpha value is -4.28. The number of pyridine rings is 1. The van der Waals surface area contributed by atoms with E-state index in [2.05, 4.69) is 39.5 Å². The molecule has 0 spiro atoms. The number of anilines is 2. The summed E-state index contributed by atoms with van der Waals surface area (Å²) in [5.41, 5.74) is 2.84. The van der Waals surface area contributed by atoms with Crippen molar-refractivity contribution >= 4 is 59.4 Å². The van der Waals surface area contributed by atoms with Gasteiger partial charge in [-0.1, -0.05) is 33.5 Å². The molecular weight excluding hydrogens is 948 g/mol. The molecule has 4 heterocycles. The highest BCUT2D eigenvalue weighted by Gasteiger charge is 2.42. The minimum atomic E-state index is -4.64. The molecule has 2 saturated heterocycles. The third kappa shape index (κ3) is 14.4. The highest BCUT2D eigenvalue weighted by Crippen LogP contribution is 2.44. The number of hydrogen-bond donors (Lipinski definition) is 3. The molecule has 16 nitrogen and oxygen atoms in total. The van der Waals surface area contributed by atoms with Crippen LogP contribution in [-0.4, -0.2) is 151 Å². The molecule has 3 N–H and O–H groups in total. The van der Waals surface area contributed by atoms with Gasteiger partial charge in [0.05, 0.1) is 77.1 Å². The summed E-state index contributed by atoms with van der Waals surface area (Å²) < 4.78 is 85.3. The topological polar surface area (TPSA) is 177 Å². The number of fused-ring (bicyclic) bond motifs is 1. The molecule has 3 fully saturated rings. The number of amides is 1. The SMILES string of the molecule is CO[C@@H](C)c1ncc(N2CCN(C3CC3)CC2)cc1-c1c(CC(C)(C)COC(C)=O)c2cc(N3CCO[C@@H]([C@@H](N[S@@](=O)C(C)(C)C)[C@H](NC(=O)OCC[Si](C)(C)C)C(=O)O)C3)ccc2n1CC(F)(F)F. The molecule has 5 atom stereocenters. The van der Waals surface area contributed by atoms with E-state index in [-0.39, 0.29) is 32.8 Å². The maximum Gasteiger partial charge on any atom is 0.407 e. The van der Waals surface area contributed by atoms with E-state index in [1.165, 1.54) is 31.4 Å². The number of alkyl halides is 3. The number of alkyl carbamates (subject to hydrolysis) is 1. The van der Waals surface area contributed by atoms with Gasteiger partial charge in [-0.3, -0.25) is 14.7 Å². The Bertz CT molecular complexity index is 2360. The van der Waals surface area contributed by atoms with Crippen molar-refractivity contribution in [2.75, 3.05) is 76.0 Å². The number of carboxylic acid groups (broad SMARTS) is 1. The first-order valence-corrected chi connectivity index (χ1v) is 29.1. The first kappa shape index (κ1) is 55.0. The molecule has 2 aromatic heterocycles. The fraction of sp³-hybridized carbons (Fsp3) is 0.673. The number of nitrogens with one attached hydrogen (secondary N) is 2. The van der Waals surface area contributed by atoms with Gasteiger partial charge in [-0.05, 0) is 82.8 Å². The van der Waals surface area contributed by atoms with Crippen LogP contribution in [0, 0.1) is 5.41 Å². The molecule has 0 unspecified atom stereocenters. The number of aliphatic carboxylic acids is 1. The summed E-state index contributed by atoms with van der Waals surface area (Å²) in [5.74, 6) is -1.88. The van der Waals surface area contributed by atoms with Crippen molar-refractivity contribution in [3.63, 3.8) is 0 Å². The third-order valence-corrected chi connectivity index (χ3v) is 16.4. The Kier molecular flexibility index (Phi) is 17.5. The van der Waals surface area contributed by atoms with Gasteiger partial charge < -0.3 is 43.7 Å². The predicted octanol–water partition coefficient (Wildman–Crippen LogP) is 7.53. The second-order valence-corrected chi connectivity index (χ2v) is 29.5. The summed E-state index contributed by atoms with van der Waals surface area (Å²) in [6, 6.07) is 5.62. The number of carbonyl (C=O) groups excluding carboxylic acids is 2. The highest BCUT2D eigenvalue weighted by molar-refractivity contribution is 7.84. The van der Waals surface area contributed by atoms with Crippen LogP contribution in [0.3, 0.4) is 0 Å². The zero-order valence-corrected chi connectivity index (χ0v) is 44.5. The Morgan fingerprint density at radius 2 is 1.67 bits per heavy atom. The lowest BCUT2D eigenvalue weighted by atomic mass is 9.84. The van der Waals surface area contributed by atoms with Crippen LogP contribution >= 0.6 is 0 Å². The molecule has 1 aromatic carbocycles. The molecule has 1 amide bonds. The molecule has 0 bridgehead atoms. The summed E-state index contributed by atoms with van der Waals surface area (Å²) in [6.07, 6.45) is -2.76. The Labute approximate surface area is 413 Å². The van der Waals surface area contributed by atoms with Crippen LogP contribution in [-0.2, 0) is 52.5 Å². The molecule has 1 aliphatic carbocycles. The van der Waals surface area contributed by atoms with Crippen molar-refractivity contribution in [2.24, 2.45) is 5.41 Å². The quantitative estimate of drug-likeness (QED) is 0.0749. The zero-order chi connectivity index (χ0) is 51.5. The van der Waals surface area contributed by atoms with Gasteiger partial charge in [0.2, 0.25) is 0 Å². The van der Waals surface area contributed by atoms with Crippen LogP contribution in [0.5, 0.6) is 0 Å². The van der Waals surface area contributed by atoms with Gasteiger partial charge in [0.15, 0.2) is 0 Å². The number of carboxylic acids is 1. The van der Waals surface area contributed by atoms with Gasteiger partial charge in [0, 0.05) is 95.0 Å². The van der Waals surface area contributed by atoms with Crippen LogP contribution < -0.4 is 19.8 Å².